The van der Waals surface area contributed by atoms with Crippen molar-refractivity contribution in [3.05, 3.63) is 29.3 Å². The highest BCUT2D eigenvalue weighted by atomic mass is 32.2. The van der Waals surface area contributed by atoms with Gasteiger partial charge in [0.15, 0.2) is 0 Å². The lowest BCUT2D eigenvalue weighted by Gasteiger charge is -2.21. The molecule has 4 nitrogen and oxygen atoms in total. The largest absolute Gasteiger partial charge is 0.316 e. The molecule has 0 radical (unpaired) electrons. The molecule has 0 bridgehead atoms. The van der Waals surface area contributed by atoms with Crippen molar-refractivity contribution in [1.29, 1.82) is 0 Å². The summed E-state index contributed by atoms with van der Waals surface area (Å²) in [7, 11) is -1.52. The topological polar surface area (TPSA) is 49.4 Å². The van der Waals surface area contributed by atoms with Gasteiger partial charge in [-0.25, -0.2) is 8.42 Å². The van der Waals surface area contributed by atoms with Gasteiger partial charge in [0, 0.05) is 19.6 Å². The number of rotatable bonds is 5. The maximum absolute atomic E-state index is 13.0. The summed E-state index contributed by atoms with van der Waals surface area (Å²) < 4.78 is 27.6. The third-order valence-corrected chi connectivity index (χ3v) is 6.08. The second kappa shape index (κ2) is 6.07. The average Bonchev–Trinajstić information content (AvgIpc) is 2.80. The molecule has 0 saturated carbocycles. The van der Waals surface area contributed by atoms with E-state index in [-0.39, 0.29) is 5.41 Å². The molecule has 0 unspecified atom stereocenters. The average molecular weight is 310 g/mol. The normalized spacial score (nSPS) is 19.0. The van der Waals surface area contributed by atoms with Gasteiger partial charge in [0.1, 0.15) is 0 Å². The standard InChI is InChI=1S/C16H26N2O2S/c1-5-14-7-6-13(11-17-4)10-15(14)21(19,20)18-9-8-16(2,3)12-18/h6-7,10,17H,5,8-9,11-12H2,1-4H3. The highest BCUT2D eigenvalue weighted by molar-refractivity contribution is 7.89. The molecule has 1 aromatic rings. The molecule has 0 atom stereocenters. The number of hydrogen-bond donors (Lipinski definition) is 1. The van der Waals surface area contributed by atoms with E-state index in [0.29, 0.717) is 24.5 Å². The first-order valence-corrected chi connectivity index (χ1v) is 9.01. The fourth-order valence-electron chi connectivity index (χ4n) is 2.85. The number of sulfonamides is 1. The van der Waals surface area contributed by atoms with Crippen LogP contribution in [0.3, 0.4) is 0 Å². The van der Waals surface area contributed by atoms with Gasteiger partial charge < -0.3 is 5.32 Å². The van der Waals surface area contributed by atoms with Crippen LogP contribution in [0.4, 0.5) is 0 Å². The van der Waals surface area contributed by atoms with Crippen LogP contribution < -0.4 is 5.32 Å². The summed E-state index contributed by atoms with van der Waals surface area (Å²) in [5.74, 6) is 0. The molecule has 0 aliphatic carbocycles. The number of hydrogen-bond acceptors (Lipinski definition) is 3. The lowest BCUT2D eigenvalue weighted by Crippen LogP contribution is -2.31. The van der Waals surface area contributed by atoms with Gasteiger partial charge in [-0.3, -0.25) is 0 Å². The molecule has 118 valence electrons. The van der Waals surface area contributed by atoms with Crippen molar-refractivity contribution in [2.24, 2.45) is 5.41 Å². The predicted molar refractivity (Wildman–Crippen MR) is 85.7 cm³/mol. The summed E-state index contributed by atoms with van der Waals surface area (Å²) in [5, 5.41) is 3.07. The Kier molecular flexibility index (Phi) is 4.76. The van der Waals surface area contributed by atoms with Crippen LogP contribution in [0.1, 0.15) is 38.3 Å². The van der Waals surface area contributed by atoms with Crippen LogP contribution in [-0.2, 0) is 23.0 Å². The molecular formula is C16H26N2O2S. The molecule has 0 spiro atoms. The van der Waals surface area contributed by atoms with E-state index in [2.05, 4.69) is 19.2 Å². The number of benzene rings is 1. The SMILES string of the molecule is CCc1ccc(CNC)cc1S(=O)(=O)N1CCC(C)(C)C1. The summed E-state index contributed by atoms with van der Waals surface area (Å²) in [6.07, 6.45) is 1.65. The molecule has 5 heteroatoms. The van der Waals surface area contributed by atoms with E-state index in [1.165, 1.54) is 0 Å². The van der Waals surface area contributed by atoms with Crippen LogP contribution in [0.2, 0.25) is 0 Å². The van der Waals surface area contributed by atoms with E-state index in [9.17, 15) is 8.42 Å². The van der Waals surface area contributed by atoms with E-state index >= 15 is 0 Å². The lowest BCUT2D eigenvalue weighted by atomic mass is 9.93. The molecule has 0 aromatic heterocycles. The summed E-state index contributed by atoms with van der Waals surface area (Å²) >= 11 is 0. The van der Waals surface area contributed by atoms with Gasteiger partial charge >= 0.3 is 0 Å². The van der Waals surface area contributed by atoms with Gasteiger partial charge in [-0.1, -0.05) is 32.9 Å². The maximum Gasteiger partial charge on any atom is 0.243 e. The van der Waals surface area contributed by atoms with Gasteiger partial charge in [0.25, 0.3) is 0 Å². The quantitative estimate of drug-likeness (QED) is 0.908. The number of nitrogens with zero attached hydrogens (tertiary/aromatic N) is 1. The highest BCUT2D eigenvalue weighted by Crippen LogP contribution is 2.33. The Morgan fingerprint density at radius 3 is 2.57 bits per heavy atom. The van der Waals surface area contributed by atoms with E-state index in [4.69, 9.17) is 0 Å². The van der Waals surface area contributed by atoms with Crippen molar-refractivity contribution in [2.75, 3.05) is 20.1 Å². The van der Waals surface area contributed by atoms with Crippen molar-refractivity contribution >= 4 is 10.0 Å². The minimum absolute atomic E-state index is 0.0715. The second-order valence-corrected chi connectivity index (χ2v) is 8.49. The van der Waals surface area contributed by atoms with Gasteiger partial charge in [0.2, 0.25) is 10.0 Å². The first-order valence-electron chi connectivity index (χ1n) is 7.57. The molecule has 1 aromatic carbocycles. The summed E-state index contributed by atoms with van der Waals surface area (Å²) in [5.41, 5.74) is 1.98. The van der Waals surface area contributed by atoms with Crippen molar-refractivity contribution in [3.8, 4) is 0 Å². The van der Waals surface area contributed by atoms with Gasteiger partial charge in [-0.05, 0) is 42.5 Å². The molecule has 1 fully saturated rings. The lowest BCUT2D eigenvalue weighted by molar-refractivity contribution is 0.375. The first kappa shape index (κ1) is 16.5. The minimum Gasteiger partial charge on any atom is -0.316 e. The summed E-state index contributed by atoms with van der Waals surface area (Å²) in [6.45, 7) is 8.16. The van der Waals surface area contributed by atoms with Crippen LogP contribution >= 0.6 is 0 Å². The monoisotopic (exact) mass is 310 g/mol. The number of nitrogens with one attached hydrogen (secondary N) is 1. The van der Waals surface area contributed by atoms with E-state index in [1.54, 1.807) is 4.31 Å². The zero-order valence-corrected chi connectivity index (χ0v) is 14.3. The first-order chi connectivity index (χ1) is 9.80. The minimum atomic E-state index is -3.39. The Bertz CT molecular complexity index is 609. The smallest absolute Gasteiger partial charge is 0.243 e. The second-order valence-electron chi connectivity index (χ2n) is 6.58. The fraction of sp³-hybridized carbons (Fsp3) is 0.625. The zero-order valence-electron chi connectivity index (χ0n) is 13.4. The van der Waals surface area contributed by atoms with Crippen LogP contribution in [0.25, 0.3) is 0 Å². The molecule has 1 heterocycles. The molecule has 2 rings (SSSR count). The van der Waals surface area contributed by atoms with Crippen molar-refractivity contribution < 1.29 is 8.42 Å². The Labute approximate surface area is 128 Å². The Morgan fingerprint density at radius 1 is 1.33 bits per heavy atom. The highest BCUT2D eigenvalue weighted by Gasteiger charge is 2.37. The zero-order chi connectivity index (χ0) is 15.7. The third-order valence-electron chi connectivity index (χ3n) is 4.15. The fourth-order valence-corrected chi connectivity index (χ4v) is 4.83. The molecular weight excluding hydrogens is 284 g/mol. The molecule has 1 saturated heterocycles. The molecule has 1 aliphatic heterocycles. The van der Waals surface area contributed by atoms with Crippen molar-refractivity contribution in [1.82, 2.24) is 9.62 Å². The van der Waals surface area contributed by atoms with Crippen LogP contribution in [0, 0.1) is 5.41 Å². The maximum atomic E-state index is 13.0. The van der Waals surface area contributed by atoms with Crippen LogP contribution in [-0.4, -0.2) is 32.9 Å². The van der Waals surface area contributed by atoms with E-state index < -0.39 is 10.0 Å². The Hall–Kier alpha value is -0.910. The Morgan fingerprint density at radius 2 is 2.05 bits per heavy atom. The van der Waals surface area contributed by atoms with Gasteiger partial charge in [-0.15, -0.1) is 0 Å². The molecule has 1 N–H and O–H groups in total. The van der Waals surface area contributed by atoms with Gasteiger partial charge in [0.05, 0.1) is 4.90 Å². The van der Waals surface area contributed by atoms with Gasteiger partial charge in [-0.2, -0.15) is 4.31 Å². The predicted octanol–water partition coefficient (Wildman–Crippen LogP) is 2.39. The van der Waals surface area contributed by atoms with Crippen LogP contribution in [0.5, 0.6) is 0 Å². The summed E-state index contributed by atoms with van der Waals surface area (Å²) in [6, 6.07) is 5.78. The third kappa shape index (κ3) is 3.47. The molecule has 1 aliphatic rings. The van der Waals surface area contributed by atoms with Crippen LogP contribution in [0.15, 0.2) is 23.1 Å². The summed E-state index contributed by atoms with van der Waals surface area (Å²) in [4.78, 5) is 0.482. The van der Waals surface area contributed by atoms with Crippen molar-refractivity contribution in [3.63, 3.8) is 0 Å². The Balaban J connectivity index is 2.41. The number of aryl methyl sites for hydroxylation is 1. The molecule has 21 heavy (non-hydrogen) atoms. The van der Waals surface area contributed by atoms with E-state index in [1.807, 2.05) is 32.2 Å². The van der Waals surface area contributed by atoms with Crippen molar-refractivity contribution in [2.45, 2.75) is 45.1 Å². The van der Waals surface area contributed by atoms with E-state index in [0.717, 1.165) is 24.0 Å². The molecule has 0 amide bonds.